The number of carbonyl (C=O) groups excluding carboxylic acids is 1. The van der Waals surface area contributed by atoms with E-state index in [1.54, 1.807) is 39.0 Å². The van der Waals surface area contributed by atoms with Gasteiger partial charge in [0.2, 0.25) is 0 Å². The Bertz CT molecular complexity index is 777. The van der Waals surface area contributed by atoms with E-state index in [-0.39, 0.29) is 24.5 Å². The molecule has 2 radical (unpaired) electrons. The number of fused-ring (bicyclic) bond motifs is 1. The summed E-state index contributed by atoms with van der Waals surface area (Å²) >= 11 is 0. The van der Waals surface area contributed by atoms with Crippen LogP contribution in [0.1, 0.15) is 20.8 Å². The zero-order valence-corrected chi connectivity index (χ0v) is 14.7. The van der Waals surface area contributed by atoms with E-state index in [1.807, 2.05) is 0 Å². The van der Waals surface area contributed by atoms with Gasteiger partial charge in [0.15, 0.2) is 5.75 Å². The van der Waals surface area contributed by atoms with Gasteiger partial charge in [0.25, 0.3) is 5.95 Å². The molecule has 0 aliphatic heterocycles. The topological polar surface area (TPSA) is 69.7 Å². The number of alkyl carbamates (subject to hydrolysis) is 1. The van der Waals surface area contributed by atoms with E-state index in [1.165, 1.54) is 7.11 Å². The SMILES string of the molecule is [B]c1nc(F)c(OCCNC(=O)OC(C)(C)C)c2cc(OC)ccc12. The first-order chi connectivity index (χ1) is 11.7. The molecule has 2 aromatic rings. The van der Waals surface area contributed by atoms with E-state index >= 15 is 0 Å². The zero-order valence-electron chi connectivity index (χ0n) is 14.7. The van der Waals surface area contributed by atoms with Crippen LogP contribution in [0.3, 0.4) is 0 Å². The second kappa shape index (κ2) is 7.59. The van der Waals surface area contributed by atoms with Crippen molar-refractivity contribution in [3.63, 3.8) is 0 Å². The van der Waals surface area contributed by atoms with Crippen molar-refractivity contribution >= 4 is 30.3 Å². The van der Waals surface area contributed by atoms with Crippen molar-refractivity contribution in [3.8, 4) is 11.5 Å². The van der Waals surface area contributed by atoms with Gasteiger partial charge in [-0.05, 0) is 49.9 Å². The highest BCUT2D eigenvalue weighted by atomic mass is 19.1. The third kappa shape index (κ3) is 4.98. The molecule has 0 saturated carbocycles. The number of aromatic nitrogens is 1. The number of nitrogens with one attached hydrogen (secondary N) is 1. The van der Waals surface area contributed by atoms with Gasteiger partial charge in [-0.2, -0.15) is 4.39 Å². The third-order valence-electron chi connectivity index (χ3n) is 3.17. The predicted molar refractivity (Wildman–Crippen MR) is 93.4 cm³/mol. The summed E-state index contributed by atoms with van der Waals surface area (Å²) in [5.74, 6) is -0.334. The summed E-state index contributed by atoms with van der Waals surface area (Å²) < 4.78 is 29.9. The lowest BCUT2D eigenvalue weighted by Crippen LogP contribution is -2.34. The number of ether oxygens (including phenoxy) is 3. The molecule has 0 aliphatic carbocycles. The van der Waals surface area contributed by atoms with E-state index in [2.05, 4.69) is 10.3 Å². The molecule has 25 heavy (non-hydrogen) atoms. The van der Waals surface area contributed by atoms with Crippen LogP contribution < -0.4 is 20.4 Å². The summed E-state index contributed by atoms with van der Waals surface area (Å²) in [5.41, 5.74) is -0.528. The van der Waals surface area contributed by atoms with Crippen molar-refractivity contribution in [2.75, 3.05) is 20.3 Å². The highest BCUT2D eigenvalue weighted by Gasteiger charge is 2.17. The maximum Gasteiger partial charge on any atom is 0.407 e. The lowest BCUT2D eigenvalue weighted by molar-refractivity contribution is 0.0520. The highest BCUT2D eigenvalue weighted by molar-refractivity contribution is 6.37. The lowest BCUT2D eigenvalue weighted by atomic mass is 9.96. The van der Waals surface area contributed by atoms with Gasteiger partial charge in [0.05, 0.1) is 13.7 Å². The first-order valence-electron chi connectivity index (χ1n) is 7.73. The van der Waals surface area contributed by atoms with Gasteiger partial charge in [-0.15, -0.1) is 0 Å². The quantitative estimate of drug-likeness (QED) is 0.510. The Balaban J connectivity index is 2.09. The Kier molecular flexibility index (Phi) is 5.71. The van der Waals surface area contributed by atoms with E-state index in [0.717, 1.165) is 0 Å². The number of hydrogen-bond donors (Lipinski definition) is 1. The average Bonchev–Trinajstić information content (AvgIpc) is 2.51. The molecule has 2 rings (SSSR count). The number of carbonyl (C=O) groups is 1. The van der Waals surface area contributed by atoms with Crippen LogP contribution in [-0.2, 0) is 4.74 Å². The van der Waals surface area contributed by atoms with Crippen LogP contribution in [0.25, 0.3) is 10.8 Å². The summed E-state index contributed by atoms with van der Waals surface area (Å²) in [7, 11) is 7.26. The number of benzene rings is 1. The minimum Gasteiger partial charge on any atom is -0.497 e. The summed E-state index contributed by atoms with van der Waals surface area (Å²) in [6.45, 7) is 5.46. The molecule has 0 atom stereocenters. The minimum absolute atomic E-state index is 0.0358. The minimum atomic E-state index is -0.824. The zero-order chi connectivity index (χ0) is 18.6. The maximum atomic E-state index is 14.2. The number of amides is 1. The van der Waals surface area contributed by atoms with E-state index in [4.69, 9.17) is 22.1 Å². The molecule has 132 valence electrons. The first kappa shape index (κ1) is 18.8. The van der Waals surface area contributed by atoms with Gasteiger partial charge in [0.1, 0.15) is 25.8 Å². The van der Waals surface area contributed by atoms with Gasteiger partial charge >= 0.3 is 6.09 Å². The molecule has 1 heterocycles. The Labute approximate surface area is 147 Å². The van der Waals surface area contributed by atoms with E-state index in [0.29, 0.717) is 16.5 Å². The number of hydrogen-bond acceptors (Lipinski definition) is 5. The molecule has 1 amide bonds. The van der Waals surface area contributed by atoms with Crippen molar-refractivity contribution < 1.29 is 23.4 Å². The fourth-order valence-electron chi connectivity index (χ4n) is 2.15. The molecule has 1 aromatic heterocycles. The number of nitrogens with zero attached hydrogens (tertiary/aromatic N) is 1. The normalized spacial score (nSPS) is 11.2. The van der Waals surface area contributed by atoms with E-state index in [9.17, 15) is 9.18 Å². The Hall–Kier alpha value is -2.51. The Morgan fingerprint density at radius 2 is 2.04 bits per heavy atom. The van der Waals surface area contributed by atoms with Crippen LogP contribution in [-0.4, -0.2) is 44.8 Å². The van der Waals surface area contributed by atoms with Crippen molar-refractivity contribution in [3.05, 3.63) is 24.1 Å². The first-order valence-corrected chi connectivity index (χ1v) is 7.73. The molecule has 6 nitrogen and oxygen atoms in total. The van der Waals surface area contributed by atoms with Gasteiger partial charge in [-0.3, -0.25) is 0 Å². The smallest absolute Gasteiger partial charge is 0.407 e. The number of halogens is 1. The van der Waals surface area contributed by atoms with Crippen LogP contribution in [0.15, 0.2) is 18.2 Å². The summed E-state index contributed by atoms with van der Waals surface area (Å²) in [6, 6.07) is 5.00. The molecule has 1 N–H and O–H groups in total. The van der Waals surface area contributed by atoms with Gasteiger partial charge in [-0.1, -0.05) is 0 Å². The molecule has 0 spiro atoms. The summed E-state index contributed by atoms with van der Waals surface area (Å²) in [6.07, 6.45) is -0.571. The van der Waals surface area contributed by atoms with Crippen LogP contribution >= 0.6 is 0 Å². The van der Waals surface area contributed by atoms with Crippen LogP contribution in [0, 0.1) is 5.95 Å². The molecular formula is C17H20BFN2O4. The fraction of sp³-hybridized carbons (Fsp3) is 0.412. The van der Waals surface area contributed by atoms with Crippen molar-refractivity contribution in [1.29, 1.82) is 0 Å². The molecule has 0 unspecified atom stereocenters. The van der Waals surface area contributed by atoms with E-state index < -0.39 is 17.6 Å². The average molecular weight is 346 g/mol. The number of methoxy groups -OCH3 is 1. The predicted octanol–water partition coefficient (Wildman–Crippen LogP) is 2.08. The maximum absolute atomic E-state index is 14.2. The standard InChI is InChI=1S/C17H20BFN2O4/c1-17(2,3)25-16(22)20-7-8-24-13-12-9-10(23-4)5-6-11(12)14(18)21-15(13)19/h5-6,9H,7-8H2,1-4H3,(H,20,22). The van der Waals surface area contributed by atoms with Gasteiger partial charge in [0, 0.05) is 5.39 Å². The fourth-order valence-corrected chi connectivity index (χ4v) is 2.15. The van der Waals surface area contributed by atoms with Crippen LogP contribution in [0.4, 0.5) is 9.18 Å². The highest BCUT2D eigenvalue weighted by Crippen LogP contribution is 2.29. The summed E-state index contributed by atoms with van der Waals surface area (Å²) in [4.78, 5) is 15.2. The Morgan fingerprint density at radius 1 is 1.32 bits per heavy atom. The van der Waals surface area contributed by atoms with Crippen molar-refractivity contribution in [2.24, 2.45) is 0 Å². The van der Waals surface area contributed by atoms with Crippen molar-refractivity contribution in [1.82, 2.24) is 10.3 Å². The second-order valence-electron chi connectivity index (χ2n) is 6.31. The molecule has 0 bridgehead atoms. The number of rotatable bonds is 5. The molecule has 0 aliphatic rings. The van der Waals surface area contributed by atoms with Crippen LogP contribution in [0.5, 0.6) is 11.5 Å². The third-order valence-corrected chi connectivity index (χ3v) is 3.17. The molecule has 1 aromatic carbocycles. The molecular weight excluding hydrogens is 326 g/mol. The second-order valence-corrected chi connectivity index (χ2v) is 6.31. The monoisotopic (exact) mass is 346 g/mol. The molecule has 0 saturated heterocycles. The molecule has 0 fully saturated rings. The largest absolute Gasteiger partial charge is 0.497 e. The number of pyridine rings is 1. The Morgan fingerprint density at radius 3 is 2.68 bits per heavy atom. The lowest BCUT2D eigenvalue weighted by Gasteiger charge is -2.19. The van der Waals surface area contributed by atoms with Crippen LogP contribution in [0.2, 0.25) is 0 Å². The van der Waals surface area contributed by atoms with Crippen molar-refractivity contribution in [2.45, 2.75) is 26.4 Å². The van der Waals surface area contributed by atoms with Gasteiger partial charge < -0.3 is 19.5 Å². The molecule has 8 heteroatoms. The summed E-state index contributed by atoms with van der Waals surface area (Å²) in [5, 5.41) is 3.53. The van der Waals surface area contributed by atoms with Gasteiger partial charge in [-0.25, -0.2) is 9.78 Å².